The summed E-state index contributed by atoms with van der Waals surface area (Å²) in [5, 5.41) is 1.98. The predicted molar refractivity (Wildman–Crippen MR) is 62.7 cm³/mol. The van der Waals surface area contributed by atoms with Gasteiger partial charge in [0.05, 0.1) is 11.2 Å². The van der Waals surface area contributed by atoms with E-state index in [1.807, 2.05) is 30.3 Å². The van der Waals surface area contributed by atoms with Crippen LogP contribution in [0.1, 0.15) is 0 Å². The highest BCUT2D eigenvalue weighted by Crippen LogP contribution is 2.21. The monoisotopic (exact) mass is 240 g/mol. The van der Waals surface area contributed by atoms with Gasteiger partial charge in [0.2, 0.25) is 0 Å². The van der Waals surface area contributed by atoms with Crippen LogP contribution in [0.4, 0.5) is 0 Å². The Balaban J connectivity index is 2.48. The van der Waals surface area contributed by atoms with Gasteiger partial charge in [-0.05, 0) is 22.9 Å². The van der Waals surface area contributed by atoms with Gasteiger partial charge in [-0.25, -0.2) is 0 Å². The summed E-state index contributed by atoms with van der Waals surface area (Å²) in [6.07, 6.45) is 0. The Labute approximate surface area is 92.4 Å². The molecule has 0 aliphatic heterocycles. The van der Waals surface area contributed by atoms with E-state index in [2.05, 4.69) is 11.2 Å². The van der Waals surface area contributed by atoms with Crippen LogP contribution < -0.4 is 4.18 Å². The maximum Gasteiger partial charge on any atom is 0.311 e. The summed E-state index contributed by atoms with van der Waals surface area (Å²) in [6, 6.07) is 12.8. The van der Waals surface area contributed by atoms with Crippen molar-refractivity contribution >= 4 is 31.0 Å². The van der Waals surface area contributed by atoms with E-state index in [-0.39, 0.29) is 0 Å². The van der Waals surface area contributed by atoms with E-state index in [4.69, 9.17) is 8.74 Å². The van der Waals surface area contributed by atoms with E-state index >= 15 is 0 Å². The molecule has 3 nitrogen and oxygen atoms in total. The van der Waals surface area contributed by atoms with Crippen molar-refractivity contribution in [2.24, 2.45) is 0 Å². The average molecular weight is 240 g/mol. The van der Waals surface area contributed by atoms with Gasteiger partial charge in [-0.2, -0.15) is 4.21 Å². The van der Waals surface area contributed by atoms with Crippen LogP contribution in [-0.2, 0) is 20.2 Å². The van der Waals surface area contributed by atoms with Gasteiger partial charge in [-0.1, -0.05) is 30.3 Å². The molecule has 0 aromatic heterocycles. The molecule has 1 unspecified atom stereocenters. The second kappa shape index (κ2) is 3.77. The molecule has 5 heteroatoms. The lowest BCUT2D eigenvalue weighted by Crippen LogP contribution is -2.04. The van der Waals surface area contributed by atoms with Crippen LogP contribution in [0.5, 0.6) is 5.75 Å². The number of hydrogen-bond donors (Lipinski definition) is 1. The van der Waals surface area contributed by atoms with Crippen LogP contribution in [-0.4, -0.2) is 8.76 Å². The first-order valence-corrected chi connectivity index (χ1v) is 6.57. The van der Waals surface area contributed by atoms with Gasteiger partial charge in [0.1, 0.15) is 5.75 Å². The highest BCUT2D eigenvalue weighted by molar-refractivity contribution is 8.27. The van der Waals surface area contributed by atoms with Gasteiger partial charge >= 0.3 is 9.05 Å². The number of rotatable bonds is 2. The standard InChI is InChI=1S/C10H8O3S2/c11-15(12,14)13-10-6-5-8-3-1-2-4-9(8)7-10/h1-7H,(H,11,12,14). The normalized spacial score (nSPS) is 14.7. The zero-order chi connectivity index (χ0) is 10.9. The molecule has 0 aliphatic carbocycles. The van der Waals surface area contributed by atoms with Crippen molar-refractivity contribution in [3.05, 3.63) is 42.5 Å². The van der Waals surface area contributed by atoms with Crippen LogP contribution in [0.25, 0.3) is 10.8 Å². The van der Waals surface area contributed by atoms with Gasteiger partial charge < -0.3 is 4.18 Å². The van der Waals surface area contributed by atoms with Gasteiger partial charge in [-0.3, -0.25) is 4.55 Å². The maximum absolute atomic E-state index is 10.8. The lowest BCUT2D eigenvalue weighted by molar-refractivity contribution is 0.455. The molecule has 0 spiro atoms. The molecule has 1 N–H and O–H groups in total. The molecule has 0 heterocycles. The third kappa shape index (κ3) is 2.65. The van der Waals surface area contributed by atoms with Gasteiger partial charge in [-0.15, -0.1) is 0 Å². The topological polar surface area (TPSA) is 46.5 Å². The predicted octanol–water partition coefficient (Wildman–Crippen LogP) is 2.35. The minimum atomic E-state index is -3.61. The Morgan fingerprint density at radius 1 is 1.13 bits per heavy atom. The molecule has 0 radical (unpaired) electrons. The van der Waals surface area contributed by atoms with Crippen LogP contribution in [0.2, 0.25) is 0 Å². The van der Waals surface area contributed by atoms with E-state index in [0.29, 0.717) is 5.75 Å². The second-order valence-electron chi connectivity index (χ2n) is 3.02. The molecule has 0 amide bonds. The van der Waals surface area contributed by atoms with E-state index in [1.165, 1.54) is 0 Å². The van der Waals surface area contributed by atoms with Gasteiger partial charge in [0.15, 0.2) is 0 Å². The summed E-state index contributed by atoms with van der Waals surface area (Å²) in [5.41, 5.74) is 0. The smallest absolute Gasteiger partial charge is 0.311 e. The molecule has 2 aromatic carbocycles. The molecule has 2 aromatic rings. The summed E-state index contributed by atoms with van der Waals surface area (Å²) < 4.78 is 24.4. The fraction of sp³-hybridized carbons (Fsp3) is 0. The molecule has 0 aliphatic rings. The molecule has 15 heavy (non-hydrogen) atoms. The molecule has 2 rings (SSSR count). The summed E-state index contributed by atoms with van der Waals surface area (Å²) in [4.78, 5) is 0. The molecule has 1 atom stereocenters. The van der Waals surface area contributed by atoms with Crippen LogP contribution >= 0.6 is 0 Å². The Kier molecular flexibility index (Phi) is 2.60. The molecular weight excluding hydrogens is 232 g/mol. The first-order valence-electron chi connectivity index (χ1n) is 4.20. The van der Waals surface area contributed by atoms with Crippen molar-refractivity contribution in [1.29, 1.82) is 0 Å². The Morgan fingerprint density at radius 3 is 2.47 bits per heavy atom. The molecule has 0 saturated carbocycles. The molecule has 0 saturated heterocycles. The largest absolute Gasteiger partial charge is 0.382 e. The lowest BCUT2D eigenvalue weighted by atomic mass is 10.1. The second-order valence-corrected chi connectivity index (χ2v) is 5.31. The van der Waals surface area contributed by atoms with E-state index in [1.54, 1.807) is 12.1 Å². The van der Waals surface area contributed by atoms with Crippen LogP contribution in [0, 0.1) is 0 Å². The fourth-order valence-electron chi connectivity index (χ4n) is 1.34. The van der Waals surface area contributed by atoms with Crippen molar-refractivity contribution in [1.82, 2.24) is 0 Å². The number of fused-ring (bicyclic) bond motifs is 1. The molecule has 0 fully saturated rings. The Hall–Kier alpha value is -1.17. The van der Waals surface area contributed by atoms with E-state index < -0.39 is 9.05 Å². The Morgan fingerprint density at radius 2 is 1.80 bits per heavy atom. The maximum atomic E-state index is 10.8. The van der Waals surface area contributed by atoms with E-state index in [9.17, 15) is 4.21 Å². The third-order valence-corrected chi connectivity index (χ3v) is 2.53. The quantitative estimate of drug-likeness (QED) is 0.875. The molecular formula is C10H8O3S2. The summed E-state index contributed by atoms with van der Waals surface area (Å²) in [6.45, 7) is 0. The summed E-state index contributed by atoms with van der Waals surface area (Å²) in [7, 11) is -3.61. The van der Waals surface area contributed by atoms with Crippen molar-refractivity contribution in [3.8, 4) is 5.75 Å². The van der Waals surface area contributed by atoms with Gasteiger partial charge in [0, 0.05) is 0 Å². The van der Waals surface area contributed by atoms with Crippen molar-refractivity contribution in [3.63, 3.8) is 0 Å². The fourth-order valence-corrected chi connectivity index (χ4v) is 1.92. The highest BCUT2D eigenvalue weighted by atomic mass is 32.9. The number of benzene rings is 2. The van der Waals surface area contributed by atoms with Gasteiger partial charge in [0.25, 0.3) is 0 Å². The van der Waals surface area contributed by atoms with Crippen molar-refractivity contribution < 1.29 is 12.9 Å². The highest BCUT2D eigenvalue weighted by Gasteiger charge is 2.03. The first kappa shape index (κ1) is 10.4. The first-order chi connectivity index (χ1) is 7.04. The molecule has 78 valence electrons. The molecule has 0 bridgehead atoms. The summed E-state index contributed by atoms with van der Waals surface area (Å²) in [5.74, 6) is 0.302. The number of hydrogen-bond acceptors (Lipinski definition) is 3. The zero-order valence-corrected chi connectivity index (χ0v) is 9.25. The minimum Gasteiger partial charge on any atom is -0.382 e. The Bertz CT molecular complexity index is 590. The lowest BCUT2D eigenvalue weighted by Gasteiger charge is -2.04. The summed E-state index contributed by atoms with van der Waals surface area (Å²) >= 11 is 4.25. The van der Waals surface area contributed by atoms with E-state index in [0.717, 1.165) is 10.8 Å². The third-order valence-electron chi connectivity index (χ3n) is 1.92. The van der Waals surface area contributed by atoms with Crippen molar-refractivity contribution in [2.45, 2.75) is 0 Å². The average Bonchev–Trinajstić information content (AvgIpc) is 2.15. The van der Waals surface area contributed by atoms with Crippen LogP contribution in [0.3, 0.4) is 0 Å². The SMILES string of the molecule is O=S(O)(=S)Oc1ccc2ccccc2c1. The van der Waals surface area contributed by atoms with Crippen LogP contribution in [0.15, 0.2) is 42.5 Å². The minimum absolute atomic E-state index is 0.302. The van der Waals surface area contributed by atoms with Crippen molar-refractivity contribution in [2.75, 3.05) is 0 Å². The zero-order valence-electron chi connectivity index (χ0n) is 7.62.